The molecule has 0 amide bonds. The van der Waals surface area contributed by atoms with Gasteiger partial charge in [-0.2, -0.15) is 0 Å². The molecule has 0 fully saturated rings. The van der Waals surface area contributed by atoms with Crippen LogP contribution in [0.25, 0.3) is 11.3 Å². The Hall–Kier alpha value is -2.05. The van der Waals surface area contributed by atoms with Gasteiger partial charge in [-0.15, -0.1) is 0 Å². The third kappa shape index (κ3) is 5.55. The summed E-state index contributed by atoms with van der Waals surface area (Å²) in [7, 11) is 0. The SMILES string of the molecule is Cc1cc(OCC(=O)[O-])c(C)c(C)c1Cc1ccc(O)c(-c2cccc(Cl)c2)n1.[Na+]. The number of aliphatic carboxylic acids is 1. The second kappa shape index (κ2) is 10.3. The molecule has 0 aliphatic rings. The number of halogens is 1. The number of rotatable bonds is 6. The second-order valence-corrected chi connectivity index (χ2v) is 7.37. The van der Waals surface area contributed by atoms with Gasteiger partial charge in [0.1, 0.15) is 23.8 Å². The third-order valence-electron chi connectivity index (χ3n) is 4.94. The number of carbonyl (C=O) groups excluding carboxylic acids is 1. The van der Waals surface area contributed by atoms with Crippen molar-refractivity contribution in [1.82, 2.24) is 4.98 Å². The van der Waals surface area contributed by atoms with Crippen LogP contribution in [0.2, 0.25) is 5.02 Å². The zero-order valence-electron chi connectivity index (χ0n) is 17.5. The van der Waals surface area contributed by atoms with Gasteiger partial charge >= 0.3 is 29.6 Å². The predicted octanol–water partition coefficient (Wildman–Crippen LogP) is 0.756. The molecular formula is C23H21ClNNaO4. The fraction of sp³-hybridized carbons (Fsp3) is 0.217. The number of carbonyl (C=O) groups is 1. The first-order chi connectivity index (χ1) is 13.8. The van der Waals surface area contributed by atoms with Crippen molar-refractivity contribution >= 4 is 17.6 Å². The summed E-state index contributed by atoms with van der Waals surface area (Å²) in [5.41, 5.74) is 5.96. The number of pyridine rings is 1. The van der Waals surface area contributed by atoms with E-state index in [0.29, 0.717) is 22.9 Å². The van der Waals surface area contributed by atoms with Crippen LogP contribution in [0.5, 0.6) is 11.5 Å². The minimum atomic E-state index is -1.26. The number of carboxylic acid groups (broad SMARTS) is 1. The fourth-order valence-corrected chi connectivity index (χ4v) is 3.47. The maximum Gasteiger partial charge on any atom is 1.00 e. The normalized spacial score (nSPS) is 10.4. The number of aromatic nitrogens is 1. The van der Waals surface area contributed by atoms with E-state index in [1.807, 2.05) is 39.0 Å². The molecular weight excluding hydrogens is 413 g/mol. The molecule has 0 saturated heterocycles. The van der Waals surface area contributed by atoms with Crippen molar-refractivity contribution in [1.29, 1.82) is 0 Å². The molecule has 30 heavy (non-hydrogen) atoms. The van der Waals surface area contributed by atoms with Crippen molar-refractivity contribution in [2.24, 2.45) is 0 Å². The Labute approximate surface area is 203 Å². The number of aryl methyl sites for hydroxylation is 1. The van der Waals surface area contributed by atoms with E-state index in [1.54, 1.807) is 24.3 Å². The monoisotopic (exact) mass is 433 g/mol. The summed E-state index contributed by atoms with van der Waals surface area (Å²) in [5.74, 6) is -0.636. The van der Waals surface area contributed by atoms with Gasteiger partial charge in [0.2, 0.25) is 0 Å². The van der Waals surface area contributed by atoms with Crippen LogP contribution in [0, 0.1) is 20.8 Å². The van der Waals surface area contributed by atoms with Crippen molar-refractivity contribution in [2.75, 3.05) is 6.61 Å². The molecule has 7 heteroatoms. The summed E-state index contributed by atoms with van der Waals surface area (Å²) in [5, 5.41) is 21.5. The van der Waals surface area contributed by atoms with Crippen LogP contribution in [-0.2, 0) is 11.2 Å². The molecule has 150 valence electrons. The van der Waals surface area contributed by atoms with Crippen LogP contribution < -0.4 is 39.4 Å². The molecule has 0 radical (unpaired) electrons. The molecule has 0 spiro atoms. The van der Waals surface area contributed by atoms with Gasteiger partial charge < -0.3 is 19.7 Å². The molecule has 3 rings (SSSR count). The quantitative estimate of drug-likeness (QED) is 0.580. The summed E-state index contributed by atoms with van der Waals surface area (Å²) in [6.45, 7) is 5.33. The standard InChI is InChI=1S/C23H22ClNO4.Na/c1-13-9-21(29-12-22(27)28)15(3)14(2)19(13)11-18-7-8-20(26)23(25-18)16-5-4-6-17(24)10-16;/h4-10,26H,11-12H2,1-3H3,(H,27,28);/q;+1/p-1. The average Bonchev–Trinajstić information content (AvgIpc) is 2.68. The van der Waals surface area contributed by atoms with E-state index in [2.05, 4.69) is 4.98 Å². The molecule has 0 saturated carbocycles. The average molecular weight is 434 g/mol. The summed E-state index contributed by atoms with van der Waals surface area (Å²) >= 11 is 6.07. The van der Waals surface area contributed by atoms with Crippen molar-refractivity contribution < 1.29 is 49.3 Å². The number of hydrogen-bond acceptors (Lipinski definition) is 5. The van der Waals surface area contributed by atoms with E-state index in [0.717, 1.165) is 33.5 Å². The predicted molar refractivity (Wildman–Crippen MR) is 110 cm³/mol. The zero-order chi connectivity index (χ0) is 21.1. The Morgan fingerprint density at radius 1 is 1.13 bits per heavy atom. The maximum atomic E-state index is 10.7. The number of nitrogens with zero attached hydrogens (tertiary/aromatic N) is 1. The molecule has 1 N–H and O–H groups in total. The van der Waals surface area contributed by atoms with Crippen LogP contribution in [0.1, 0.15) is 27.9 Å². The Morgan fingerprint density at radius 2 is 1.87 bits per heavy atom. The molecule has 1 aromatic heterocycles. The summed E-state index contributed by atoms with van der Waals surface area (Å²) < 4.78 is 5.35. The molecule has 0 aliphatic heterocycles. The van der Waals surface area contributed by atoms with Crippen molar-refractivity contribution in [3.05, 3.63) is 75.4 Å². The molecule has 5 nitrogen and oxygen atoms in total. The molecule has 3 aromatic rings. The Morgan fingerprint density at radius 3 is 2.53 bits per heavy atom. The van der Waals surface area contributed by atoms with E-state index < -0.39 is 12.6 Å². The summed E-state index contributed by atoms with van der Waals surface area (Å²) in [6, 6.07) is 12.4. The van der Waals surface area contributed by atoms with Gasteiger partial charge in [0.15, 0.2) is 0 Å². The molecule has 0 bridgehead atoms. The van der Waals surface area contributed by atoms with Crippen molar-refractivity contribution in [3.63, 3.8) is 0 Å². The van der Waals surface area contributed by atoms with Gasteiger partial charge in [-0.05, 0) is 73.4 Å². The number of carboxylic acids is 1. The van der Waals surface area contributed by atoms with Gasteiger partial charge in [0.05, 0.1) is 5.97 Å². The number of benzene rings is 2. The van der Waals surface area contributed by atoms with Gasteiger partial charge in [0.25, 0.3) is 0 Å². The van der Waals surface area contributed by atoms with Crippen LogP contribution in [0.15, 0.2) is 42.5 Å². The van der Waals surface area contributed by atoms with Crippen LogP contribution in [0.3, 0.4) is 0 Å². The second-order valence-electron chi connectivity index (χ2n) is 6.94. The van der Waals surface area contributed by atoms with Gasteiger partial charge in [0, 0.05) is 22.7 Å². The minimum absolute atomic E-state index is 0. The molecule has 0 unspecified atom stereocenters. The molecule has 1 heterocycles. The Kier molecular flexibility index (Phi) is 8.33. The topological polar surface area (TPSA) is 82.5 Å². The first-order valence-corrected chi connectivity index (χ1v) is 9.51. The van der Waals surface area contributed by atoms with Crippen LogP contribution in [-0.4, -0.2) is 22.7 Å². The van der Waals surface area contributed by atoms with Crippen molar-refractivity contribution in [2.45, 2.75) is 27.2 Å². The number of ether oxygens (including phenoxy) is 1. The van der Waals surface area contributed by atoms with Crippen LogP contribution >= 0.6 is 11.6 Å². The van der Waals surface area contributed by atoms with E-state index in [1.165, 1.54) is 0 Å². The van der Waals surface area contributed by atoms with Crippen LogP contribution in [0.4, 0.5) is 0 Å². The molecule has 2 aromatic carbocycles. The fourth-order valence-electron chi connectivity index (χ4n) is 3.28. The maximum absolute atomic E-state index is 10.7. The molecule has 0 aliphatic carbocycles. The van der Waals surface area contributed by atoms with E-state index in [4.69, 9.17) is 16.3 Å². The van der Waals surface area contributed by atoms with Gasteiger partial charge in [-0.25, -0.2) is 4.98 Å². The Bertz CT molecular complexity index is 1090. The first kappa shape index (κ1) is 24.2. The smallest absolute Gasteiger partial charge is 0.546 e. The third-order valence-corrected chi connectivity index (χ3v) is 5.18. The van der Waals surface area contributed by atoms with Gasteiger partial charge in [-0.3, -0.25) is 0 Å². The summed E-state index contributed by atoms with van der Waals surface area (Å²) in [6.07, 6.45) is 0.563. The van der Waals surface area contributed by atoms with E-state index >= 15 is 0 Å². The zero-order valence-corrected chi connectivity index (χ0v) is 20.2. The number of hydrogen-bond donors (Lipinski definition) is 1. The Balaban J connectivity index is 0.00000320. The van der Waals surface area contributed by atoms with E-state index in [-0.39, 0.29) is 35.3 Å². The van der Waals surface area contributed by atoms with E-state index in [9.17, 15) is 15.0 Å². The first-order valence-electron chi connectivity index (χ1n) is 9.13. The van der Waals surface area contributed by atoms with Gasteiger partial charge in [-0.1, -0.05) is 23.7 Å². The largest absolute Gasteiger partial charge is 1.00 e. The number of aromatic hydroxyl groups is 1. The summed E-state index contributed by atoms with van der Waals surface area (Å²) in [4.78, 5) is 15.3. The minimum Gasteiger partial charge on any atom is -0.546 e. The molecule has 0 atom stereocenters. The van der Waals surface area contributed by atoms with Crippen molar-refractivity contribution in [3.8, 4) is 22.8 Å².